The molecule has 1 atom stereocenters. The van der Waals surface area contributed by atoms with Crippen LogP contribution >= 0.6 is 34.0 Å². The maximum absolute atomic E-state index is 10.8. The van der Waals surface area contributed by atoms with E-state index in [1.54, 1.807) is 11.6 Å². The Kier molecular flexibility index (Phi) is 4.63. The predicted octanol–water partition coefficient (Wildman–Crippen LogP) is 2.59. The molecule has 4 N–H and O–H groups in total. The zero-order valence-corrected chi connectivity index (χ0v) is 16.9. The molecule has 4 rings (SSSR count). The van der Waals surface area contributed by atoms with Gasteiger partial charge in [0, 0.05) is 28.7 Å². The highest BCUT2D eigenvalue weighted by Gasteiger charge is 2.33. The molecule has 9 nitrogen and oxygen atoms in total. The summed E-state index contributed by atoms with van der Waals surface area (Å²) in [6, 6.07) is 1.83. The smallest absolute Gasteiger partial charge is 0.211 e. The zero-order valence-electron chi connectivity index (χ0n) is 14.4. The highest BCUT2D eigenvalue weighted by molar-refractivity contribution is 7.15. The van der Waals surface area contributed by atoms with Crippen molar-refractivity contribution in [3.05, 3.63) is 44.4 Å². The van der Waals surface area contributed by atoms with Crippen LogP contribution in [0.3, 0.4) is 0 Å². The van der Waals surface area contributed by atoms with E-state index >= 15 is 0 Å². The van der Waals surface area contributed by atoms with Gasteiger partial charge in [0.2, 0.25) is 5.13 Å². The van der Waals surface area contributed by atoms with Crippen LogP contribution in [0.15, 0.2) is 23.0 Å². The van der Waals surface area contributed by atoms with Gasteiger partial charge in [-0.15, -0.1) is 32.9 Å². The molecule has 0 bridgehead atoms. The number of nitrogens with zero attached hydrogens (tertiary/aromatic N) is 6. The van der Waals surface area contributed by atoms with Crippen LogP contribution in [0.1, 0.15) is 28.3 Å². The molecule has 0 aromatic carbocycles. The largest absolute Gasteiger partial charge is 0.376 e. The maximum atomic E-state index is 10.8. The standard InChI is InChI=1S/C15H16N8OS3/c1-8-6-25-11(17-8)15(2,24)12-20-21-14(27-12)19-10-3-4-23(22-10)5-9-7-26-13(16)18-9/h3-4,6-7,24H,5H2,1-2H3,(H2,16,18)(H,19,21,22). The summed E-state index contributed by atoms with van der Waals surface area (Å²) < 4.78 is 1.76. The number of nitrogen functional groups attached to an aromatic ring is 1. The third-order valence-corrected chi connectivity index (χ3v) is 6.59. The van der Waals surface area contributed by atoms with E-state index < -0.39 is 5.60 Å². The molecule has 27 heavy (non-hydrogen) atoms. The third-order valence-electron chi connectivity index (χ3n) is 3.65. The van der Waals surface area contributed by atoms with E-state index in [1.807, 2.05) is 29.9 Å². The van der Waals surface area contributed by atoms with E-state index in [2.05, 4.69) is 30.6 Å². The molecule has 0 fully saturated rings. The molecule has 0 amide bonds. The average Bonchev–Trinajstić information content (AvgIpc) is 3.38. The third kappa shape index (κ3) is 3.83. The lowest BCUT2D eigenvalue weighted by molar-refractivity contribution is 0.101. The number of anilines is 3. The Morgan fingerprint density at radius 1 is 1.22 bits per heavy atom. The van der Waals surface area contributed by atoms with E-state index in [9.17, 15) is 5.11 Å². The molecular weight excluding hydrogens is 404 g/mol. The fraction of sp³-hybridized carbons (Fsp3) is 0.267. The van der Waals surface area contributed by atoms with E-state index in [1.165, 1.54) is 34.0 Å². The molecule has 0 saturated heterocycles. The second kappa shape index (κ2) is 6.96. The molecule has 0 saturated carbocycles. The summed E-state index contributed by atoms with van der Waals surface area (Å²) in [6.07, 6.45) is 1.84. The first-order valence-corrected chi connectivity index (χ1v) is 10.5. The molecule has 0 aliphatic rings. The van der Waals surface area contributed by atoms with Crippen LogP contribution < -0.4 is 11.1 Å². The van der Waals surface area contributed by atoms with Crippen molar-refractivity contribution in [2.75, 3.05) is 11.1 Å². The van der Waals surface area contributed by atoms with Crippen LogP contribution in [-0.2, 0) is 12.1 Å². The van der Waals surface area contributed by atoms with Crippen molar-refractivity contribution in [1.29, 1.82) is 0 Å². The molecule has 140 valence electrons. The summed E-state index contributed by atoms with van der Waals surface area (Å²) >= 11 is 4.06. The fourth-order valence-corrected chi connectivity index (χ4v) is 4.60. The summed E-state index contributed by atoms with van der Waals surface area (Å²) in [5, 5.41) is 32.5. The van der Waals surface area contributed by atoms with Gasteiger partial charge in [-0.25, -0.2) is 9.97 Å². The SMILES string of the molecule is Cc1csc(C(C)(O)c2nnc(Nc3ccn(Cc4csc(N)n4)n3)s2)n1. The molecule has 0 aliphatic carbocycles. The van der Waals surface area contributed by atoms with Crippen molar-refractivity contribution in [3.8, 4) is 0 Å². The topological polar surface area (TPSA) is 128 Å². The van der Waals surface area contributed by atoms with E-state index in [4.69, 9.17) is 5.73 Å². The molecule has 4 heterocycles. The lowest BCUT2D eigenvalue weighted by Crippen LogP contribution is -2.22. The van der Waals surface area contributed by atoms with Gasteiger partial charge in [0.25, 0.3) is 0 Å². The van der Waals surface area contributed by atoms with Gasteiger partial charge in [-0.05, 0) is 13.8 Å². The second-order valence-electron chi connectivity index (χ2n) is 5.98. The van der Waals surface area contributed by atoms with Gasteiger partial charge in [-0.1, -0.05) is 11.3 Å². The molecule has 4 aromatic heterocycles. The number of nitrogens with one attached hydrogen (secondary N) is 1. The van der Waals surface area contributed by atoms with Crippen LogP contribution in [0.25, 0.3) is 0 Å². The molecule has 12 heteroatoms. The summed E-state index contributed by atoms with van der Waals surface area (Å²) in [4.78, 5) is 8.58. The Labute approximate surface area is 166 Å². The number of aliphatic hydroxyl groups is 1. The van der Waals surface area contributed by atoms with Crippen molar-refractivity contribution in [1.82, 2.24) is 29.9 Å². The van der Waals surface area contributed by atoms with E-state index in [0.29, 0.717) is 32.6 Å². The Morgan fingerprint density at radius 2 is 2.07 bits per heavy atom. The minimum absolute atomic E-state index is 0.469. The minimum Gasteiger partial charge on any atom is -0.376 e. The number of rotatable bonds is 6. The van der Waals surface area contributed by atoms with E-state index in [-0.39, 0.29) is 0 Å². The summed E-state index contributed by atoms with van der Waals surface area (Å²) in [7, 11) is 0. The summed E-state index contributed by atoms with van der Waals surface area (Å²) in [5.41, 5.74) is 6.10. The summed E-state index contributed by atoms with van der Waals surface area (Å²) in [6.45, 7) is 4.10. The van der Waals surface area contributed by atoms with Gasteiger partial charge < -0.3 is 16.2 Å². The van der Waals surface area contributed by atoms with Gasteiger partial charge in [-0.3, -0.25) is 4.68 Å². The van der Waals surface area contributed by atoms with Crippen LogP contribution in [0.4, 0.5) is 16.1 Å². The Bertz CT molecular complexity index is 1060. The highest BCUT2D eigenvalue weighted by Crippen LogP contribution is 2.34. The quantitative estimate of drug-likeness (QED) is 0.434. The number of thiazole rings is 2. The number of hydrogen-bond donors (Lipinski definition) is 3. The average molecular weight is 421 g/mol. The fourth-order valence-electron chi connectivity index (χ4n) is 2.33. The zero-order chi connectivity index (χ0) is 19.0. The Hall–Kier alpha value is -2.41. The van der Waals surface area contributed by atoms with Gasteiger partial charge in [-0.2, -0.15) is 5.10 Å². The van der Waals surface area contributed by atoms with Gasteiger partial charge >= 0.3 is 0 Å². The van der Waals surface area contributed by atoms with Crippen LogP contribution in [0, 0.1) is 6.92 Å². The number of aromatic nitrogens is 6. The van der Waals surface area contributed by atoms with Crippen LogP contribution in [0.2, 0.25) is 0 Å². The minimum atomic E-state index is -1.28. The molecule has 0 spiro atoms. The van der Waals surface area contributed by atoms with Crippen molar-refractivity contribution in [3.63, 3.8) is 0 Å². The van der Waals surface area contributed by atoms with E-state index in [0.717, 1.165) is 11.4 Å². The number of aryl methyl sites for hydroxylation is 1. The molecule has 1 unspecified atom stereocenters. The van der Waals surface area contributed by atoms with Crippen molar-refractivity contribution in [2.45, 2.75) is 26.0 Å². The monoisotopic (exact) mass is 420 g/mol. The Morgan fingerprint density at radius 3 is 2.78 bits per heavy atom. The number of hydrogen-bond acceptors (Lipinski definition) is 11. The number of nitrogens with two attached hydrogens (primary N) is 1. The molecule has 0 aliphatic heterocycles. The van der Waals surface area contributed by atoms with Crippen molar-refractivity contribution >= 4 is 50.1 Å². The van der Waals surface area contributed by atoms with Gasteiger partial charge in [0.15, 0.2) is 21.6 Å². The molecule has 4 aromatic rings. The first kappa shape index (κ1) is 18.0. The van der Waals surface area contributed by atoms with Crippen molar-refractivity contribution in [2.24, 2.45) is 0 Å². The molecule has 0 radical (unpaired) electrons. The second-order valence-corrected chi connectivity index (χ2v) is 8.70. The first-order chi connectivity index (χ1) is 12.9. The summed E-state index contributed by atoms with van der Waals surface area (Å²) in [5.74, 6) is 0.630. The lowest BCUT2D eigenvalue weighted by atomic mass is 10.1. The molecular formula is C15H16N8OS3. The highest BCUT2D eigenvalue weighted by atomic mass is 32.1. The first-order valence-electron chi connectivity index (χ1n) is 7.89. The van der Waals surface area contributed by atoms with Gasteiger partial charge in [0.1, 0.15) is 5.01 Å². The van der Waals surface area contributed by atoms with Crippen LogP contribution in [-0.4, -0.2) is 35.1 Å². The predicted molar refractivity (Wildman–Crippen MR) is 107 cm³/mol. The lowest BCUT2D eigenvalue weighted by Gasteiger charge is -2.16. The normalized spacial score (nSPS) is 13.6. The maximum Gasteiger partial charge on any atom is 0.211 e. The van der Waals surface area contributed by atoms with Gasteiger partial charge in [0.05, 0.1) is 12.2 Å². The van der Waals surface area contributed by atoms with Crippen molar-refractivity contribution < 1.29 is 5.11 Å². The Balaban J connectivity index is 1.46. The van der Waals surface area contributed by atoms with Crippen LogP contribution in [0.5, 0.6) is 0 Å².